The monoisotopic (exact) mass is 237 g/mol. The molecule has 0 bridgehead atoms. The lowest BCUT2D eigenvalue weighted by atomic mass is 9.99. The van der Waals surface area contributed by atoms with Crippen LogP contribution in [0.3, 0.4) is 0 Å². The molecule has 5 heteroatoms. The molecule has 0 aliphatic heterocycles. The first-order valence-corrected chi connectivity index (χ1v) is 5.39. The van der Waals surface area contributed by atoms with Crippen LogP contribution < -0.4 is 21.7 Å². The SMILES string of the molecule is COc1cc(C)c(C)cc1CC(N)C(=O)NN. The topological polar surface area (TPSA) is 90.4 Å². The summed E-state index contributed by atoms with van der Waals surface area (Å²) in [5.74, 6) is 5.40. The summed E-state index contributed by atoms with van der Waals surface area (Å²) in [6.45, 7) is 4.01. The number of nitrogens with two attached hydrogens (primary N) is 2. The van der Waals surface area contributed by atoms with Crippen LogP contribution in [0.1, 0.15) is 16.7 Å². The lowest BCUT2D eigenvalue weighted by Gasteiger charge is -2.15. The number of carbonyl (C=O) groups is 1. The molecule has 0 heterocycles. The van der Waals surface area contributed by atoms with Gasteiger partial charge in [-0.25, -0.2) is 5.84 Å². The molecule has 0 aliphatic rings. The van der Waals surface area contributed by atoms with Gasteiger partial charge in [0.05, 0.1) is 13.2 Å². The predicted molar refractivity (Wildman–Crippen MR) is 66.5 cm³/mol. The first-order chi connectivity index (χ1) is 7.99. The number of benzene rings is 1. The van der Waals surface area contributed by atoms with E-state index < -0.39 is 6.04 Å². The van der Waals surface area contributed by atoms with Crippen molar-refractivity contribution in [2.45, 2.75) is 26.3 Å². The molecule has 0 aliphatic carbocycles. The van der Waals surface area contributed by atoms with E-state index in [4.69, 9.17) is 16.3 Å². The molecule has 0 fully saturated rings. The summed E-state index contributed by atoms with van der Waals surface area (Å²) in [6, 6.07) is 3.26. The number of carbonyl (C=O) groups excluding carboxylic acids is 1. The van der Waals surface area contributed by atoms with Crippen molar-refractivity contribution in [2.24, 2.45) is 11.6 Å². The summed E-state index contributed by atoms with van der Waals surface area (Å²) in [7, 11) is 1.60. The molecule has 94 valence electrons. The molecule has 0 aromatic heterocycles. The van der Waals surface area contributed by atoms with E-state index in [0.717, 1.165) is 22.4 Å². The third kappa shape index (κ3) is 3.18. The number of methoxy groups -OCH3 is 1. The molecule has 1 aromatic rings. The van der Waals surface area contributed by atoms with Gasteiger partial charge in [-0.15, -0.1) is 0 Å². The molecule has 0 saturated heterocycles. The van der Waals surface area contributed by atoms with Crippen molar-refractivity contribution < 1.29 is 9.53 Å². The standard InChI is InChI=1S/C12H19N3O2/c1-7-4-9(6-10(13)12(16)15-14)11(17-3)5-8(7)2/h4-5,10H,6,13-14H2,1-3H3,(H,15,16). The number of amides is 1. The number of hydrogen-bond acceptors (Lipinski definition) is 4. The van der Waals surface area contributed by atoms with E-state index in [2.05, 4.69) is 0 Å². The minimum absolute atomic E-state index is 0.384. The Labute approximate surface area is 101 Å². The van der Waals surface area contributed by atoms with Crippen molar-refractivity contribution in [2.75, 3.05) is 7.11 Å². The van der Waals surface area contributed by atoms with E-state index in [1.165, 1.54) is 0 Å². The van der Waals surface area contributed by atoms with Crippen LogP contribution in [0.2, 0.25) is 0 Å². The summed E-state index contributed by atoms with van der Waals surface area (Å²) in [5.41, 5.74) is 11.0. The lowest BCUT2D eigenvalue weighted by Crippen LogP contribution is -2.45. The van der Waals surface area contributed by atoms with Gasteiger partial charge in [0.1, 0.15) is 5.75 Å². The van der Waals surface area contributed by atoms with Gasteiger partial charge < -0.3 is 10.5 Å². The largest absolute Gasteiger partial charge is 0.496 e. The number of hydrazine groups is 1. The Hall–Kier alpha value is -1.59. The molecular weight excluding hydrogens is 218 g/mol. The van der Waals surface area contributed by atoms with Crippen molar-refractivity contribution in [1.29, 1.82) is 0 Å². The molecule has 0 spiro atoms. The normalized spacial score (nSPS) is 12.1. The molecule has 0 saturated carbocycles. The zero-order valence-electron chi connectivity index (χ0n) is 10.4. The second-order valence-electron chi connectivity index (χ2n) is 4.07. The second-order valence-corrected chi connectivity index (χ2v) is 4.07. The highest BCUT2D eigenvalue weighted by atomic mass is 16.5. The lowest BCUT2D eigenvalue weighted by molar-refractivity contribution is -0.122. The Morgan fingerprint density at radius 3 is 2.53 bits per heavy atom. The Kier molecular flexibility index (Phi) is 4.48. The van der Waals surface area contributed by atoms with E-state index in [1.807, 2.05) is 31.4 Å². The minimum atomic E-state index is -0.670. The van der Waals surface area contributed by atoms with Crippen molar-refractivity contribution in [3.05, 3.63) is 28.8 Å². The Bertz CT molecular complexity index is 418. The number of aryl methyl sites for hydroxylation is 2. The predicted octanol–water partition coefficient (Wildman–Crippen LogP) is 0.172. The van der Waals surface area contributed by atoms with Gasteiger partial charge in [-0.1, -0.05) is 6.07 Å². The molecule has 1 unspecified atom stereocenters. The van der Waals surface area contributed by atoms with Crippen LogP contribution in [0, 0.1) is 13.8 Å². The zero-order valence-corrected chi connectivity index (χ0v) is 10.4. The highest BCUT2D eigenvalue weighted by Gasteiger charge is 2.16. The first kappa shape index (κ1) is 13.5. The molecule has 1 aromatic carbocycles. The third-order valence-corrected chi connectivity index (χ3v) is 2.82. The minimum Gasteiger partial charge on any atom is -0.496 e. The third-order valence-electron chi connectivity index (χ3n) is 2.82. The maximum absolute atomic E-state index is 11.3. The Balaban J connectivity index is 2.97. The van der Waals surface area contributed by atoms with Crippen LogP contribution >= 0.6 is 0 Å². The van der Waals surface area contributed by atoms with Crippen molar-refractivity contribution in [3.8, 4) is 5.75 Å². The molecular formula is C12H19N3O2. The van der Waals surface area contributed by atoms with Gasteiger partial charge in [0.15, 0.2) is 0 Å². The molecule has 5 N–H and O–H groups in total. The van der Waals surface area contributed by atoms with Gasteiger partial charge in [0, 0.05) is 6.42 Å². The van der Waals surface area contributed by atoms with Crippen LogP contribution in [-0.2, 0) is 11.2 Å². The van der Waals surface area contributed by atoms with Crippen molar-refractivity contribution >= 4 is 5.91 Å². The smallest absolute Gasteiger partial charge is 0.251 e. The maximum atomic E-state index is 11.3. The van der Waals surface area contributed by atoms with E-state index >= 15 is 0 Å². The fourth-order valence-corrected chi connectivity index (χ4v) is 1.64. The fraction of sp³-hybridized carbons (Fsp3) is 0.417. The summed E-state index contributed by atoms with van der Waals surface area (Å²) in [6.07, 6.45) is 0.396. The highest BCUT2D eigenvalue weighted by molar-refractivity contribution is 5.81. The number of ether oxygens (including phenoxy) is 1. The van der Waals surface area contributed by atoms with Crippen LogP contribution in [0.15, 0.2) is 12.1 Å². The molecule has 1 amide bonds. The first-order valence-electron chi connectivity index (χ1n) is 5.39. The number of hydrogen-bond donors (Lipinski definition) is 3. The second kappa shape index (κ2) is 5.65. The van der Waals surface area contributed by atoms with Crippen LogP contribution in [-0.4, -0.2) is 19.1 Å². The van der Waals surface area contributed by atoms with E-state index in [0.29, 0.717) is 6.42 Å². The summed E-state index contributed by atoms with van der Waals surface area (Å²) in [4.78, 5) is 11.3. The molecule has 17 heavy (non-hydrogen) atoms. The summed E-state index contributed by atoms with van der Waals surface area (Å²) >= 11 is 0. The molecule has 0 radical (unpaired) electrons. The van der Waals surface area contributed by atoms with Crippen molar-refractivity contribution in [3.63, 3.8) is 0 Å². The number of rotatable bonds is 4. The average molecular weight is 237 g/mol. The average Bonchev–Trinajstić information content (AvgIpc) is 2.32. The van der Waals surface area contributed by atoms with Crippen molar-refractivity contribution in [1.82, 2.24) is 5.43 Å². The van der Waals surface area contributed by atoms with Gasteiger partial charge in [0.2, 0.25) is 0 Å². The fourth-order valence-electron chi connectivity index (χ4n) is 1.64. The van der Waals surface area contributed by atoms with Gasteiger partial charge >= 0.3 is 0 Å². The zero-order chi connectivity index (χ0) is 13.0. The van der Waals surface area contributed by atoms with Gasteiger partial charge in [-0.3, -0.25) is 10.2 Å². The van der Waals surface area contributed by atoms with Gasteiger partial charge in [-0.05, 0) is 36.6 Å². The molecule has 1 atom stereocenters. The molecule has 1 rings (SSSR count). The van der Waals surface area contributed by atoms with Gasteiger partial charge in [0.25, 0.3) is 5.91 Å². The van der Waals surface area contributed by atoms with E-state index in [1.54, 1.807) is 7.11 Å². The quantitative estimate of drug-likeness (QED) is 0.395. The maximum Gasteiger partial charge on any atom is 0.251 e. The van der Waals surface area contributed by atoms with Crippen LogP contribution in [0.5, 0.6) is 5.75 Å². The van der Waals surface area contributed by atoms with Crippen LogP contribution in [0.4, 0.5) is 0 Å². The Morgan fingerprint density at radius 1 is 1.41 bits per heavy atom. The van der Waals surface area contributed by atoms with Crippen LogP contribution in [0.25, 0.3) is 0 Å². The highest BCUT2D eigenvalue weighted by Crippen LogP contribution is 2.24. The summed E-state index contributed by atoms with van der Waals surface area (Å²) in [5, 5.41) is 0. The van der Waals surface area contributed by atoms with E-state index in [9.17, 15) is 4.79 Å². The molecule has 5 nitrogen and oxygen atoms in total. The number of nitrogens with one attached hydrogen (secondary N) is 1. The summed E-state index contributed by atoms with van der Waals surface area (Å²) < 4.78 is 5.28. The Morgan fingerprint density at radius 2 is 2.00 bits per heavy atom. The van der Waals surface area contributed by atoms with E-state index in [-0.39, 0.29) is 5.91 Å². The van der Waals surface area contributed by atoms with Gasteiger partial charge in [-0.2, -0.15) is 0 Å².